The Morgan fingerprint density at radius 3 is 2.67 bits per heavy atom. The lowest BCUT2D eigenvalue weighted by Crippen LogP contribution is -2.31. The predicted octanol–water partition coefficient (Wildman–Crippen LogP) is 1.80. The Hall–Kier alpha value is -1.96. The lowest BCUT2D eigenvalue weighted by molar-refractivity contribution is 0.348. The van der Waals surface area contributed by atoms with Gasteiger partial charge in [-0.1, -0.05) is 35.5 Å². The lowest BCUT2D eigenvalue weighted by Gasteiger charge is -2.15. The molecule has 106 valence electrons. The summed E-state index contributed by atoms with van der Waals surface area (Å²) in [6.45, 7) is 0. The Balaban J connectivity index is 1.84. The second-order valence-electron chi connectivity index (χ2n) is 4.77. The fourth-order valence-electron chi connectivity index (χ4n) is 2.17. The van der Waals surface area contributed by atoms with Crippen LogP contribution < -0.4 is 0 Å². The first-order valence-corrected chi connectivity index (χ1v) is 7.53. The van der Waals surface area contributed by atoms with Gasteiger partial charge in [0.15, 0.2) is 0 Å². The normalized spacial score (nSPS) is 12.3. The predicted molar refractivity (Wildman–Crippen MR) is 82.7 cm³/mol. The van der Waals surface area contributed by atoms with E-state index in [4.69, 9.17) is 0 Å². The first-order chi connectivity index (χ1) is 10.2. The molecule has 5 nitrogen and oxygen atoms in total. The SMILES string of the molecule is OB(O)C(Cc1ccccc1)n1cc(-c2ccsc2)nn1. The van der Waals surface area contributed by atoms with E-state index in [2.05, 4.69) is 10.3 Å². The van der Waals surface area contributed by atoms with Crippen molar-refractivity contribution in [3.05, 3.63) is 58.9 Å². The molecule has 0 fully saturated rings. The maximum absolute atomic E-state index is 9.64. The number of hydrogen-bond donors (Lipinski definition) is 2. The van der Waals surface area contributed by atoms with Gasteiger partial charge in [-0.15, -0.1) is 5.10 Å². The molecule has 2 N–H and O–H groups in total. The minimum absolute atomic E-state index is 0.477. The van der Waals surface area contributed by atoms with Crippen LogP contribution in [0.4, 0.5) is 0 Å². The quantitative estimate of drug-likeness (QED) is 0.705. The fourth-order valence-corrected chi connectivity index (χ4v) is 2.82. The topological polar surface area (TPSA) is 71.2 Å². The minimum atomic E-state index is -1.50. The fraction of sp³-hybridized carbons (Fsp3) is 0.143. The maximum atomic E-state index is 9.64. The van der Waals surface area contributed by atoms with Gasteiger partial charge in [0, 0.05) is 10.9 Å². The van der Waals surface area contributed by atoms with Crippen molar-refractivity contribution in [2.45, 2.75) is 12.4 Å². The Bertz CT molecular complexity index is 685. The van der Waals surface area contributed by atoms with Crippen LogP contribution in [0.25, 0.3) is 11.3 Å². The molecule has 0 bridgehead atoms. The number of benzene rings is 1. The van der Waals surface area contributed by atoms with E-state index >= 15 is 0 Å². The van der Waals surface area contributed by atoms with E-state index in [-0.39, 0.29) is 0 Å². The van der Waals surface area contributed by atoms with E-state index in [1.807, 2.05) is 47.2 Å². The van der Waals surface area contributed by atoms with Crippen LogP contribution in [0, 0.1) is 0 Å². The molecular weight excluding hydrogens is 285 g/mol. The molecule has 2 heterocycles. The largest absolute Gasteiger partial charge is 0.478 e. The standard InChI is InChI=1S/C14H14BN3O2S/c19-15(20)14(8-11-4-2-1-3-5-11)18-9-13(16-17-18)12-6-7-21-10-12/h1-7,9-10,14,19-20H,8H2. The Morgan fingerprint density at radius 2 is 2.00 bits per heavy atom. The first-order valence-electron chi connectivity index (χ1n) is 6.58. The highest BCUT2D eigenvalue weighted by molar-refractivity contribution is 7.08. The highest BCUT2D eigenvalue weighted by Gasteiger charge is 2.27. The molecule has 1 atom stereocenters. The number of hydrogen-bond acceptors (Lipinski definition) is 5. The van der Waals surface area contributed by atoms with Crippen molar-refractivity contribution in [1.82, 2.24) is 15.0 Å². The van der Waals surface area contributed by atoms with Crippen molar-refractivity contribution in [1.29, 1.82) is 0 Å². The van der Waals surface area contributed by atoms with E-state index in [9.17, 15) is 10.0 Å². The van der Waals surface area contributed by atoms with Crippen LogP contribution in [0.2, 0.25) is 0 Å². The molecule has 3 rings (SSSR count). The summed E-state index contributed by atoms with van der Waals surface area (Å²) in [6, 6.07) is 11.6. The third-order valence-electron chi connectivity index (χ3n) is 3.30. The molecule has 21 heavy (non-hydrogen) atoms. The molecule has 2 aromatic heterocycles. The van der Waals surface area contributed by atoms with Gasteiger partial charge >= 0.3 is 7.12 Å². The molecule has 0 aliphatic rings. The average molecular weight is 299 g/mol. The van der Waals surface area contributed by atoms with E-state index in [1.165, 1.54) is 4.68 Å². The Labute approximate surface area is 126 Å². The van der Waals surface area contributed by atoms with Crippen molar-refractivity contribution >= 4 is 18.5 Å². The molecule has 3 aromatic rings. The molecule has 0 aliphatic carbocycles. The van der Waals surface area contributed by atoms with Crippen LogP contribution >= 0.6 is 11.3 Å². The monoisotopic (exact) mass is 299 g/mol. The summed E-state index contributed by atoms with van der Waals surface area (Å²) < 4.78 is 1.52. The Kier molecular flexibility index (Phi) is 4.14. The van der Waals surface area contributed by atoms with Gasteiger partial charge in [0.2, 0.25) is 0 Å². The second-order valence-corrected chi connectivity index (χ2v) is 5.55. The van der Waals surface area contributed by atoms with Gasteiger partial charge in [-0.2, -0.15) is 11.3 Å². The molecule has 0 saturated carbocycles. The van der Waals surface area contributed by atoms with Gasteiger partial charge in [-0.05, 0) is 23.4 Å². The van der Waals surface area contributed by atoms with Crippen molar-refractivity contribution in [3.63, 3.8) is 0 Å². The van der Waals surface area contributed by atoms with Crippen molar-refractivity contribution in [3.8, 4) is 11.3 Å². The molecule has 1 aromatic carbocycles. The number of thiophene rings is 1. The number of aromatic nitrogens is 3. The summed E-state index contributed by atoms with van der Waals surface area (Å²) in [7, 11) is -1.50. The van der Waals surface area contributed by atoms with Crippen LogP contribution in [0.3, 0.4) is 0 Å². The van der Waals surface area contributed by atoms with Crippen LogP contribution in [0.15, 0.2) is 53.4 Å². The summed E-state index contributed by atoms with van der Waals surface area (Å²) in [6.07, 6.45) is 2.22. The molecule has 0 aliphatic heterocycles. The van der Waals surface area contributed by atoms with Gasteiger partial charge in [-0.25, -0.2) is 0 Å². The average Bonchev–Trinajstić information content (AvgIpc) is 3.16. The minimum Gasteiger partial charge on any atom is -0.426 e. The smallest absolute Gasteiger partial charge is 0.426 e. The molecule has 0 spiro atoms. The third kappa shape index (κ3) is 3.21. The van der Waals surface area contributed by atoms with Crippen molar-refractivity contribution in [2.24, 2.45) is 0 Å². The van der Waals surface area contributed by atoms with Gasteiger partial charge in [-0.3, -0.25) is 4.68 Å². The summed E-state index contributed by atoms with van der Waals surface area (Å²) in [4.78, 5) is 0. The van der Waals surface area contributed by atoms with Crippen molar-refractivity contribution in [2.75, 3.05) is 0 Å². The van der Waals surface area contributed by atoms with Crippen molar-refractivity contribution < 1.29 is 10.0 Å². The Morgan fingerprint density at radius 1 is 1.19 bits per heavy atom. The summed E-state index contributed by atoms with van der Waals surface area (Å²) in [5.41, 5.74) is 2.73. The van der Waals surface area contributed by atoms with Gasteiger partial charge < -0.3 is 10.0 Å². The molecule has 0 amide bonds. The summed E-state index contributed by atoms with van der Waals surface area (Å²) in [5.74, 6) is -0.563. The van der Waals surface area contributed by atoms with E-state index in [0.717, 1.165) is 16.8 Å². The highest BCUT2D eigenvalue weighted by atomic mass is 32.1. The zero-order valence-corrected chi connectivity index (χ0v) is 12.0. The highest BCUT2D eigenvalue weighted by Crippen LogP contribution is 2.22. The van der Waals surface area contributed by atoms with Gasteiger partial charge in [0.1, 0.15) is 5.69 Å². The van der Waals surface area contributed by atoms with E-state index < -0.39 is 13.1 Å². The third-order valence-corrected chi connectivity index (χ3v) is 3.98. The lowest BCUT2D eigenvalue weighted by atomic mass is 9.76. The van der Waals surface area contributed by atoms with Gasteiger partial charge in [0.05, 0.1) is 12.1 Å². The number of nitrogens with zero attached hydrogens (tertiary/aromatic N) is 3. The maximum Gasteiger partial charge on any atom is 0.478 e. The number of rotatable bonds is 5. The molecule has 7 heteroatoms. The molecule has 1 unspecified atom stereocenters. The summed E-state index contributed by atoms with van der Waals surface area (Å²) >= 11 is 1.59. The van der Waals surface area contributed by atoms with Crippen LogP contribution in [0.5, 0.6) is 0 Å². The zero-order chi connectivity index (χ0) is 14.7. The first kappa shape index (κ1) is 14.0. The van der Waals surface area contributed by atoms with Crippen LogP contribution in [-0.4, -0.2) is 32.2 Å². The van der Waals surface area contributed by atoms with Crippen LogP contribution in [0.1, 0.15) is 11.5 Å². The van der Waals surface area contributed by atoms with E-state index in [0.29, 0.717) is 6.42 Å². The molecule has 0 saturated heterocycles. The molecular formula is C14H14BN3O2S. The van der Waals surface area contributed by atoms with E-state index in [1.54, 1.807) is 17.5 Å². The zero-order valence-electron chi connectivity index (χ0n) is 11.2. The second kappa shape index (κ2) is 6.21. The van der Waals surface area contributed by atoms with Crippen LogP contribution in [-0.2, 0) is 6.42 Å². The summed E-state index contributed by atoms with van der Waals surface area (Å²) in [5, 5.41) is 31.4. The molecule has 0 radical (unpaired) electrons. The van der Waals surface area contributed by atoms with Gasteiger partial charge in [0.25, 0.3) is 0 Å².